The highest BCUT2D eigenvalue weighted by atomic mass is 16.5. The van der Waals surface area contributed by atoms with Crippen LogP contribution in [-0.4, -0.2) is 22.9 Å². The molecule has 0 spiro atoms. The largest absolute Gasteiger partial charge is 0.489 e. The Bertz CT molecular complexity index is 542. The smallest absolute Gasteiger partial charge is 0.140 e. The highest BCUT2D eigenvalue weighted by molar-refractivity contribution is 5.28. The monoisotopic (exact) mass is 290 g/mol. The van der Waals surface area contributed by atoms with Gasteiger partial charge in [-0.1, -0.05) is 17.3 Å². The molecule has 1 aromatic carbocycles. The van der Waals surface area contributed by atoms with Crippen molar-refractivity contribution in [2.24, 2.45) is 0 Å². The number of ether oxygens (including phenoxy) is 1. The molecule has 2 aromatic rings. The molecular formula is C16H22N2O3. The Hall–Kier alpha value is -1.85. The molecule has 0 saturated carbocycles. The summed E-state index contributed by atoms with van der Waals surface area (Å²) >= 11 is 0. The molecule has 0 fully saturated rings. The van der Waals surface area contributed by atoms with Crippen LogP contribution in [0.5, 0.6) is 5.75 Å². The van der Waals surface area contributed by atoms with Gasteiger partial charge in [-0.05, 0) is 38.5 Å². The maximum Gasteiger partial charge on any atom is 0.140 e. The van der Waals surface area contributed by atoms with Gasteiger partial charge in [-0.2, -0.15) is 0 Å². The van der Waals surface area contributed by atoms with Crippen molar-refractivity contribution in [1.82, 2.24) is 10.5 Å². The number of benzene rings is 1. The Labute approximate surface area is 124 Å². The van der Waals surface area contributed by atoms with E-state index in [0.717, 1.165) is 34.9 Å². The molecule has 5 heteroatoms. The molecule has 0 bridgehead atoms. The first-order valence-electron chi connectivity index (χ1n) is 7.08. The van der Waals surface area contributed by atoms with Crippen LogP contribution in [0.25, 0.3) is 0 Å². The van der Waals surface area contributed by atoms with Crippen LogP contribution in [0.1, 0.15) is 29.5 Å². The van der Waals surface area contributed by atoms with Crippen LogP contribution in [0.3, 0.4) is 0 Å². The van der Waals surface area contributed by atoms with E-state index in [2.05, 4.69) is 10.5 Å². The summed E-state index contributed by atoms with van der Waals surface area (Å²) in [5.41, 5.74) is 3.02. The zero-order valence-electron chi connectivity index (χ0n) is 12.7. The van der Waals surface area contributed by atoms with Gasteiger partial charge in [0.1, 0.15) is 18.1 Å². The summed E-state index contributed by atoms with van der Waals surface area (Å²) < 4.78 is 10.9. The number of aryl methyl sites for hydroxylation is 2. The van der Waals surface area contributed by atoms with Crippen molar-refractivity contribution in [3.8, 4) is 5.75 Å². The normalized spacial score (nSPS) is 12.4. The van der Waals surface area contributed by atoms with Crippen LogP contribution in [0.15, 0.2) is 28.8 Å². The fraction of sp³-hybridized carbons (Fsp3) is 0.438. The van der Waals surface area contributed by atoms with E-state index < -0.39 is 0 Å². The van der Waals surface area contributed by atoms with Gasteiger partial charge in [0.05, 0.1) is 17.4 Å². The molecule has 0 aliphatic rings. The standard InChI is InChI=1S/C16H22N2O3/c1-11(19)8-17-9-14-4-6-15(7-5-14)20-10-16-12(2)18-21-13(16)3/h4-7,11,17,19H,8-10H2,1-3H3. The lowest BCUT2D eigenvalue weighted by Crippen LogP contribution is -2.23. The summed E-state index contributed by atoms with van der Waals surface area (Å²) in [5, 5.41) is 16.3. The molecule has 2 N–H and O–H groups in total. The van der Waals surface area contributed by atoms with Crippen molar-refractivity contribution >= 4 is 0 Å². The molecule has 0 aliphatic carbocycles. The van der Waals surface area contributed by atoms with E-state index in [-0.39, 0.29) is 6.10 Å². The Morgan fingerprint density at radius 2 is 2.00 bits per heavy atom. The third-order valence-electron chi connectivity index (χ3n) is 3.26. The van der Waals surface area contributed by atoms with E-state index in [1.165, 1.54) is 0 Å². The van der Waals surface area contributed by atoms with Gasteiger partial charge < -0.3 is 19.7 Å². The molecule has 5 nitrogen and oxygen atoms in total. The first kappa shape index (κ1) is 15.5. The van der Waals surface area contributed by atoms with Crippen molar-refractivity contribution < 1.29 is 14.4 Å². The highest BCUT2D eigenvalue weighted by Crippen LogP contribution is 2.17. The Morgan fingerprint density at radius 1 is 1.29 bits per heavy atom. The molecule has 1 unspecified atom stereocenters. The molecule has 21 heavy (non-hydrogen) atoms. The zero-order valence-corrected chi connectivity index (χ0v) is 12.7. The Kier molecular flexibility index (Phi) is 5.36. The predicted molar refractivity (Wildman–Crippen MR) is 80.1 cm³/mol. The van der Waals surface area contributed by atoms with Crippen LogP contribution in [0, 0.1) is 13.8 Å². The number of aliphatic hydroxyl groups excluding tert-OH is 1. The molecule has 1 aromatic heterocycles. The lowest BCUT2D eigenvalue weighted by Gasteiger charge is -2.09. The van der Waals surface area contributed by atoms with Gasteiger partial charge in [-0.15, -0.1) is 0 Å². The molecule has 2 rings (SSSR count). The van der Waals surface area contributed by atoms with Crippen molar-refractivity contribution in [3.63, 3.8) is 0 Å². The summed E-state index contributed by atoms with van der Waals surface area (Å²) in [4.78, 5) is 0. The van der Waals surface area contributed by atoms with Crippen molar-refractivity contribution in [2.45, 2.75) is 40.0 Å². The molecular weight excluding hydrogens is 268 g/mol. The van der Waals surface area contributed by atoms with Gasteiger partial charge in [0.15, 0.2) is 0 Å². The van der Waals surface area contributed by atoms with E-state index in [0.29, 0.717) is 13.2 Å². The predicted octanol–water partition coefficient (Wildman–Crippen LogP) is 2.34. The zero-order chi connectivity index (χ0) is 15.2. The number of nitrogens with one attached hydrogen (secondary N) is 1. The van der Waals surface area contributed by atoms with Crippen LogP contribution in [0.4, 0.5) is 0 Å². The van der Waals surface area contributed by atoms with E-state index in [4.69, 9.17) is 9.26 Å². The van der Waals surface area contributed by atoms with Crippen LogP contribution >= 0.6 is 0 Å². The van der Waals surface area contributed by atoms with Crippen molar-refractivity contribution in [3.05, 3.63) is 46.8 Å². The molecule has 114 valence electrons. The highest BCUT2D eigenvalue weighted by Gasteiger charge is 2.09. The van der Waals surface area contributed by atoms with Gasteiger partial charge >= 0.3 is 0 Å². The summed E-state index contributed by atoms with van der Waals surface area (Å²) in [6.45, 7) is 7.33. The Morgan fingerprint density at radius 3 is 2.57 bits per heavy atom. The summed E-state index contributed by atoms with van der Waals surface area (Å²) in [5.74, 6) is 1.61. The maximum atomic E-state index is 9.18. The first-order chi connectivity index (χ1) is 10.1. The second-order valence-corrected chi connectivity index (χ2v) is 5.22. The van der Waals surface area contributed by atoms with Gasteiger partial charge in [-0.3, -0.25) is 0 Å². The van der Waals surface area contributed by atoms with E-state index in [1.807, 2.05) is 38.1 Å². The van der Waals surface area contributed by atoms with E-state index in [1.54, 1.807) is 6.92 Å². The van der Waals surface area contributed by atoms with Gasteiger partial charge in [0, 0.05) is 13.1 Å². The summed E-state index contributed by atoms with van der Waals surface area (Å²) in [6.07, 6.45) is -0.331. The minimum atomic E-state index is -0.331. The van der Waals surface area contributed by atoms with Crippen molar-refractivity contribution in [1.29, 1.82) is 0 Å². The van der Waals surface area contributed by atoms with E-state index in [9.17, 15) is 5.11 Å². The van der Waals surface area contributed by atoms with Crippen molar-refractivity contribution in [2.75, 3.05) is 6.54 Å². The quantitative estimate of drug-likeness (QED) is 0.819. The SMILES string of the molecule is Cc1noc(C)c1COc1ccc(CNCC(C)O)cc1. The molecule has 1 heterocycles. The number of hydrogen-bond donors (Lipinski definition) is 2. The molecule has 0 aliphatic heterocycles. The first-order valence-corrected chi connectivity index (χ1v) is 7.08. The minimum absolute atomic E-state index is 0.331. The third kappa shape index (κ3) is 4.58. The fourth-order valence-corrected chi connectivity index (χ4v) is 1.99. The summed E-state index contributed by atoms with van der Waals surface area (Å²) in [6, 6.07) is 7.91. The lowest BCUT2D eigenvalue weighted by molar-refractivity contribution is 0.191. The van der Waals surface area contributed by atoms with Gasteiger partial charge in [0.2, 0.25) is 0 Å². The molecule has 0 saturated heterocycles. The average molecular weight is 290 g/mol. The van der Waals surface area contributed by atoms with Gasteiger partial charge in [-0.25, -0.2) is 0 Å². The lowest BCUT2D eigenvalue weighted by atomic mass is 10.2. The van der Waals surface area contributed by atoms with Gasteiger partial charge in [0.25, 0.3) is 0 Å². The fourth-order valence-electron chi connectivity index (χ4n) is 1.99. The minimum Gasteiger partial charge on any atom is -0.489 e. The number of aliphatic hydroxyl groups is 1. The number of hydrogen-bond acceptors (Lipinski definition) is 5. The van der Waals surface area contributed by atoms with Crippen LogP contribution < -0.4 is 10.1 Å². The molecule has 0 amide bonds. The third-order valence-corrected chi connectivity index (χ3v) is 3.26. The van der Waals surface area contributed by atoms with Crippen LogP contribution in [0.2, 0.25) is 0 Å². The molecule has 0 radical (unpaired) electrons. The second kappa shape index (κ2) is 7.24. The number of nitrogens with zero attached hydrogens (tertiary/aromatic N) is 1. The van der Waals surface area contributed by atoms with E-state index >= 15 is 0 Å². The second-order valence-electron chi connectivity index (χ2n) is 5.22. The Balaban J connectivity index is 1.85. The topological polar surface area (TPSA) is 67.5 Å². The maximum absolute atomic E-state index is 9.18. The number of rotatable bonds is 7. The summed E-state index contributed by atoms with van der Waals surface area (Å²) in [7, 11) is 0. The average Bonchev–Trinajstić information content (AvgIpc) is 2.77. The molecule has 1 atom stereocenters. The van der Waals surface area contributed by atoms with Crippen LogP contribution in [-0.2, 0) is 13.2 Å². The number of aromatic nitrogens is 1.